The van der Waals surface area contributed by atoms with Crippen molar-refractivity contribution in [3.05, 3.63) is 29.6 Å². The Labute approximate surface area is 146 Å². The maximum Gasteiger partial charge on any atom is 0.338 e. The maximum atomic E-state index is 12.3. The van der Waals surface area contributed by atoms with Crippen LogP contribution in [-0.4, -0.2) is 44.3 Å². The highest BCUT2D eigenvalue weighted by molar-refractivity contribution is 5.98. The van der Waals surface area contributed by atoms with Crippen molar-refractivity contribution in [1.82, 2.24) is 14.6 Å². The van der Waals surface area contributed by atoms with E-state index >= 15 is 0 Å². The van der Waals surface area contributed by atoms with Gasteiger partial charge in [-0.05, 0) is 58.2 Å². The number of ether oxygens (including phenoxy) is 1. The molecule has 1 aromatic carbocycles. The van der Waals surface area contributed by atoms with E-state index in [1.54, 1.807) is 12.1 Å². The van der Waals surface area contributed by atoms with E-state index in [1.165, 1.54) is 7.05 Å². The number of rotatable bonds is 3. The lowest BCUT2D eigenvalue weighted by molar-refractivity contribution is 0.00692. The minimum absolute atomic E-state index is 0.0677. The van der Waals surface area contributed by atoms with Crippen LogP contribution < -0.4 is 0 Å². The van der Waals surface area contributed by atoms with Crippen molar-refractivity contribution in [2.45, 2.75) is 51.7 Å². The van der Waals surface area contributed by atoms with Crippen molar-refractivity contribution in [3.8, 4) is 0 Å². The van der Waals surface area contributed by atoms with Gasteiger partial charge in [-0.25, -0.2) is 14.8 Å². The molecule has 25 heavy (non-hydrogen) atoms. The van der Waals surface area contributed by atoms with Gasteiger partial charge in [0.25, 0.3) is 0 Å². The predicted octanol–water partition coefficient (Wildman–Crippen LogP) is 3.36. The van der Waals surface area contributed by atoms with Crippen molar-refractivity contribution in [2.75, 3.05) is 7.05 Å². The summed E-state index contributed by atoms with van der Waals surface area (Å²) < 4.78 is 7.40. The van der Waals surface area contributed by atoms with Gasteiger partial charge in [0.2, 0.25) is 0 Å². The minimum atomic E-state index is -0.565. The Morgan fingerprint density at radius 1 is 1.40 bits per heavy atom. The number of amidine groups is 1. The molecular weight excluding hydrogens is 320 g/mol. The molecule has 1 aliphatic carbocycles. The number of carbonyl (C=O) groups is 1. The van der Waals surface area contributed by atoms with E-state index in [9.17, 15) is 10.0 Å². The molecule has 1 heterocycles. The Kier molecular flexibility index (Phi) is 4.28. The van der Waals surface area contributed by atoms with Crippen LogP contribution in [0.5, 0.6) is 0 Å². The lowest BCUT2D eigenvalue weighted by Crippen LogP contribution is -2.29. The standard InChI is InChI=1S/C18H24N4O3/c1-18(2,3)25-17(23)11-8-9-14-13(10-11)20-16(15(19)21(4)24)22(14)12-6-5-7-12/h8-10,12,19,24H,5-7H2,1-4H3. The zero-order valence-corrected chi connectivity index (χ0v) is 15.0. The number of benzene rings is 1. The molecule has 0 saturated heterocycles. The second-order valence-corrected chi connectivity index (χ2v) is 7.47. The lowest BCUT2D eigenvalue weighted by atomic mass is 9.92. The van der Waals surface area contributed by atoms with Crippen LogP contribution in [0.15, 0.2) is 18.2 Å². The summed E-state index contributed by atoms with van der Waals surface area (Å²) in [7, 11) is 1.40. The van der Waals surface area contributed by atoms with Gasteiger partial charge in [-0.2, -0.15) is 0 Å². The Morgan fingerprint density at radius 2 is 2.08 bits per heavy atom. The number of fused-ring (bicyclic) bond motifs is 1. The summed E-state index contributed by atoms with van der Waals surface area (Å²) in [6.07, 6.45) is 3.19. The van der Waals surface area contributed by atoms with Gasteiger partial charge in [-0.3, -0.25) is 10.6 Å². The zero-order chi connectivity index (χ0) is 18.4. The molecule has 0 atom stereocenters. The van der Waals surface area contributed by atoms with Crippen molar-refractivity contribution < 1.29 is 14.7 Å². The van der Waals surface area contributed by atoms with E-state index in [0.29, 0.717) is 16.9 Å². The average molecular weight is 344 g/mol. The first-order chi connectivity index (χ1) is 11.7. The molecule has 0 bridgehead atoms. The monoisotopic (exact) mass is 344 g/mol. The first kappa shape index (κ1) is 17.4. The Hall–Kier alpha value is -2.41. The third-order valence-electron chi connectivity index (χ3n) is 4.30. The largest absolute Gasteiger partial charge is 0.456 e. The predicted molar refractivity (Wildman–Crippen MR) is 94.2 cm³/mol. The minimum Gasteiger partial charge on any atom is -0.456 e. The fraction of sp³-hybridized carbons (Fsp3) is 0.500. The molecule has 1 fully saturated rings. The summed E-state index contributed by atoms with van der Waals surface area (Å²) in [5.41, 5.74) is 1.34. The first-order valence-corrected chi connectivity index (χ1v) is 8.44. The number of esters is 1. The lowest BCUT2D eigenvalue weighted by Gasteiger charge is -2.29. The zero-order valence-electron chi connectivity index (χ0n) is 15.0. The van der Waals surface area contributed by atoms with Crippen LogP contribution in [0.4, 0.5) is 0 Å². The first-order valence-electron chi connectivity index (χ1n) is 8.44. The topological polar surface area (TPSA) is 91.4 Å². The molecule has 0 radical (unpaired) electrons. The van der Waals surface area contributed by atoms with Crippen molar-refractivity contribution in [3.63, 3.8) is 0 Å². The van der Waals surface area contributed by atoms with Gasteiger partial charge in [0.15, 0.2) is 11.7 Å². The van der Waals surface area contributed by atoms with Crippen LogP contribution >= 0.6 is 0 Å². The molecule has 0 spiro atoms. The van der Waals surface area contributed by atoms with Crippen LogP contribution in [0.2, 0.25) is 0 Å². The molecule has 1 aromatic heterocycles. The highest BCUT2D eigenvalue weighted by atomic mass is 16.6. The summed E-state index contributed by atoms with van der Waals surface area (Å²) in [4.78, 5) is 16.8. The van der Waals surface area contributed by atoms with Crippen LogP contribution in [0.1, 0.15) is 62.3 Å². The van der Waals surface area contributed by atoms with Crippen LogP contribution in [-0.2, 0) is 4.74 Å². The molecule has 0 aliphatic heterocycles. The van der Waals surface area contributed by atoms with E-state index in [4.69, 9.17) is 10.1 Å². The maximum absolute atomic E-state index is 12.3. The summed E-state index contributed by atoms with van der Waals surface area (Å²) in [5.74, 6) is -0.0588. The van der Waals surface area contributed by atoms with E-state index in [2.05, 4.69) is 4.98 Å². The van der Waals surface area contributed by atoms with Gasteiger partial charge in [0.1, 0.15) is 5.60 Å². The molecule has 2 N–H and O–H groups in total. The number of aromatic nitrogens is 2. The number of nitrogens with one attached hydrogen (secondary N) is 1. The molecule has 1 aliphatic rings. The second-order valence-electron chi connectivity index (χ2n) is 7.47. The van der Waals surface area contributed by atoms with Gasteiger partial charge in [0.05, 0.1) is 16.6 Å². The number of hydroxylamine groups is 2. The summed E-state index contributed by atoms with van der Waals surface area (Å²) in [6.45, 7) is 5.47. The molecule has 0 amide bonds. The molecular formula is C18H24N4O3. The number of nitrogens with zero attached hydrogens (tertiary/aromatic N) is 3. The van der Waals surface area contributed by atoms with Crippen molar-refractivity contribution >= 4 is 22.8 Å². The quantitative estimate of drug-likeness (QED) is 0.385. The van der Waals surface area contributed by atoms with Crippen LogP contribution in [0, 0.1) is 5.41 Å². The number of imidazole rings is 1. The molecule has 0 unspecified atom stereocenters. The van der Waals surface area contributed by atoms with Gasteiger partial charge in [-0.15, -0.1) is 0 Å². The molecule has 2 aromatic rings. The third kappa shape index (κ3) is 3.37. The van der Waals surface area contributed by atoms with Crippen LogP contribution in [0.25, 0.3) is 11.0 Å². The highest BCUT2D eigenvalue weighted by Gasteiger charge is 2.28. The molecule has 3 rings (SSSR count). The van der Waals surface area contributed by atoms with Gasteiger partial charge >= 0.3 is 5.97 Å². The Morgan fingerprint density at radius 3 is 2.60 bits per heavy atom. The SMILES string of the molecule is CN(O)C(=N)c1nc2cc(C(=O)OC(C)(C)C)ccc2n1C1CCC1. The molecule has 1 saturated carbocycles. The number of carbonyl (C=O) groups excluding carboxylic acids is 1. The summed E-state index contributed by atoms with van der Waals surface area (Å²) in [6, 6.07) is 5.53. The number of hydrogen-bond acceptors (Lipinski definition) is 5. The van der Waals surface area contributed by atoms with E-state index < -0.39 is 11.6 Å². The van der Waals surface area contributed by atoms with Crippen LogP contribution in [0.3, 0.4) is 0 Å². The fourth-order valence-electron chi connectivity index (χ4n) is 2.89. The normalized spacial score (nSPS) is 15.1. The van der Waals surface area contributed by atoms with E-state index in [-0.39, 0.29) is 11.9 Å². The molecule has 134 valence electrons. The summed E-state index contributed by atoms with van der Waals surface area (Å²) >= 11 is 0. The smallest absolute Gasteiger partial charge is 0.338 e. The number of hydrogen-bond donors (Lipinski definition) is 2. The van der Waals surface area contributed by atoms with Crippen molar-refractivity contribution in [1.29, 1.82) is 5.41 Å². The summed E-state index contributed by atoms with van der Waals surface area (Å²) in [5, 5.41) is 18.5. The second kappa shape index (κ2) is 6.15. The van der Waals surface area contributed by atoms with Gasteiger partial charge < -0.3 is 9.30 Å². The van der Waals surface area contributed by atoms with Crippen molar-refractivity contribution in [2.24, 2.45) is 0 Å². The molecule has 7 heteroatoms. The van der Waals surface area contributed by atoms with E-state index in [0.717, 1.165) is 29.8 Å². The molecule has 7 nitrogen and oxygen atoms in total. The highest BCUT2D eigenvalue weighted by Crippen LogP contribution is 2.36. The van der Waals surface area contributed by atoms with Gasteiger partial charge in [0, 0.05) is 13.1 Å². The third-order valence-corrected chi connectivity index (χ3v) is 4.30. The van der Waals surface area contributed by atoms with E-state index in [1.807, 2.05) is 31.4 Å². The fourth-order valence-corrected chi connectivity index (χ4v) is 2.89. The van der Waals surface area contributed by atoms with Gasteiger partial charge in [-0.1, -0.05) is 0 Å². The Bertz CT molecular complexity index is 829. The average Bonchev–Trinajstić information content (AvgIpc) is 2.81. The Balaban J connectivity index is 2.05.